The van der Waals surface area contributed by atoms with Crippen LogP contribution in [0.5, 0.6) is 0 Å². The Labute approximate surface area is 247 Å². The Balaban J connectivity index is 1.81. The molecule has 0 spiro atoms. The number of carbonyl (C=O) groups is 2. The highest BCUT2D eigenvalue weighted by atomic mass is 32.2. The van der Waals surface area contributed by atoms with Crippen LogP contribution in [0.4, 0.5) is 0 Å². The number of sulfone groups is 1. The number of hydrogen-bond acceptors (Lipinski definition) is 8. The van der Waals surface area contributed by atoms with Gasteiger partial charge in [0.25, 0.3) is 0 Å². The summed E-state index contributed by atoms with van der Waals surface area (Å²) >= 11 is 0. The van der Waals surface area contributed by atoms with Crippen LogP contribution in [0.2, 0.25) is 0 Å². The van der Waals surface area contributed by atoms with E-state index in [1.807, 2.05) is 67.6 Å². The van der Waals surface area contributed by atoms with Gasteiger partial charge in [-0.05, 0) is 50.5 Å². The third kappa shape index (κ3) is 6.75. The van der Waals surface area contributed by atoms with Gasteiger partial charge < -0.3 is 18.9 Å². The van der Waals surface area contributed by atoms with Crippen molar-refractivity contribution in [1.82, 2.24) is 0 Å². The summed E-state index contributed by atoms with van der Waals surface area (Å²) in [5.74, 6) is -2.69. The van der Waals surface area contributed by atoms with E-state index >= 15 is 0 Å². The number of benzene rings is 3. The summed E-state index contributed by atoms with van der Waals surface area (Å²) in [4.78, 5) is 27.6. The summed E-state index contributed by atoms with van der Waals surface area (Å²) in [5, 5.41) is -1.25. The second-order valence-electron chi connectivity index (χ2n) is 10.4. The van der Waals surface area contributed by atoms with Crippen molar-refractivity contribution in [3.63, 3.8) is 0 Å². The Morgan fingerprint density at radius 1 is 0.786 bits per heavy atom. The van der Waals surface area contributed by atoms with Crippen molar-refractivity contribution in [2.75, 3.05) is 19.8 Å². The molecule has 0 radical (unpaired) electrons. The molecule has 0 amide bonds. The smallest absolute Gasteiger partial charge is 0.324 e. The molecule has 8 nitrogen and oxygen atoms in total. The zero-order chi connectivity index (χ0) is 30.2. The minimum atomic E-state index is -4.08. The molecule has 3 aromatic rings. The highest BCUT2D eigenvalue weighted by molar-refractivity contribution is 7.92. The maximum absolute atomic E-state index is 14.2. The summed E-state index contributed by atoms with van der Waals surface area (Å²) in [6, 6.07) is 25.3. The number of aryl methyl sites for hydroxylation is 1. The number of esters is 2. The number of hydrogen-bond donors (Lipinski definition) is 0. The van der Waals surface area contributed by atoms with Crippen LogP contribution in [0.15, 0.2) is 89.8 Å². The predicted octanol–water partition coefficient (Wildman–Crippen LogP) is 5.07. The molecule has 0 aliphatic heterocycles. The normalized spacial score (nSPS) is 19.7. The largest absolute Gasteiger partial charge is 0.465 e. The van der Waals surface area contributed by atoms with Gasteiger partial charge in [0.1, 0.15) is 0 Å². The van der Waals surface area contributed by atoms with Gasteiger partial charge in [-0.1, -0.05) is 78.4 Å². The Bertz CT molecular complexity index is 1400. The zero-order valence-electron chi connectivity index (χ0n) is 24.2. The Morgan fingerprint density at radius 3 is 1.83 bits per heavy atom. The standard InChI is InChI=1S/C33H38O8S/c1-4-39-31(34)33(32(35)40-5-2)20-29(42(36,37)27-18-16-24(3)17-19-27)30(41-22-26-14-10-7-11-15-26)28(33)23-38-21-25-12-8-6-9-13-25/h6-19,28-30H,4-5,20-23H2,1-3H3/t28-,29+,30+/m0/s1. The number of carbonyl (C=O) groups excluding carboxylic acids is 2. The SMILES string of the molecule is CCOC(=O)C1(C(=O)OCC)C[C@@H](S(=O)(=O)c2ccc(C)cc2)[C@H](OCc2ccccc2)[C@@H]1COCc1ccccc1. The Morgan fingerprint density at radius 2 is 1.31 bits per heavy atom. The summed E-state index contributed by atoms with van der Waals surface area (Å²) in [6.07, 6.45) is -1.44. The van der Waals surface area contributed by atoms with Gasteiger partial charge >= 0.3 is 11.9 Å². The molecule has 1 aliphatic carbocycles. The fraction of sp³-hybridized carbons (Fsp3) is 0.394. The monoisotopic (exact) mass is 594 g/mol. The van der Waals surface area contributed by atoms with Crippen LogP contribution in [0.3, 0.4) is 0 Å². The summed E-state index contributed by atoms with van der Waals surface area (Å²) in [6.45, 7) is 5.27. The molecule has 0 N–H and O–H groups in total. The quantitative estimate of drug-likeness (QED) is 0.200. The van der Waals surface area contributed by atoms with Crippen LogP contribution in [-0.2, 0) is 51.6 Å². The lowest BCUT2D eigenvalue weighted by Gasteiger charge is -2.32. The lowest BCUT2D eigenvalue weighted by Crippen LogP contribution is -2.49. The summed E-state index contributed by atoms with van der Waals surface area (Å²) in [7, 11) is -4.08. The first-order chi connectivity index (χ1) is 20.2. The average Bonchev–Trinajstić information content (AvgIpc) is 3.33. The fourth-order valence-electron chi connectivity index (χ4n) is 5.49. The molecule has 1 aliphatic rings. The van der Waals surface area contributed by atoms with E-state index in [-0.39, 0.29) is 44.4 Å². The van der Waals surface area contributed by atoms with E-state index < -0.39 is 44.5 Å². The van der Waals surface area contributed by atoms with Crippen molar-refractivity contribution in [2.45, 2.75) is 56.7 Å². The van der Waals surface area contributed by atoms with Crippen LogP contribution in [0.1, 0.15) is 37.0 Å². The molecule has 0 saturated heterocycles. The van der Waals surface area contributed by atoms with E-state index in [0.29, 0.717) is 0 Å². The first-order valence-corrected chi connectivity index (χ1v) is 15.7. The fourth-order valence-corrected chi connectivity index (χ4v) is 7.46. The van der Waals surface area contributed by atoms with Gasteiger partial charge in [0, 0.05) is 5.92 Å². The van der Waals surface area contributed by atoms with Gasteiger partial charge in [-0.3, -0.25) is 9.59 Å². The van der Waals surface area contributed by atoms with Crippen LogP contribution in [0.25, 0.3) is 0 Å². The first kappa shape index (κ1) is 31.4. The van der Waals surface area contributed by atoms with Crippen LogP contribution in [0, 0.1) is 18.3 Å². The van der Waals surface area contributed by atoms with E-state index in [1.54, 1.807) is 26.0 Å². The molecule has 9 heteroatoms. The molecule has 42 heavy (non-hydrogen) atoms. The minimum absolute atomic E-state index is 0.00248. The third-order valence-corrected chi connectivity index (χ3v) is 9.80. The second-order valence-corrected chi connectivity index (χ2v) is 12.5. The first-order valence-electron chi connectivity index (χ1n) is 14.2. The van der Waals surface area contributed by atoms with Crippen molar-refractivity contribution in [2.24, 2.45) is 11.3 Å². The lowest BCUT2D eigenvalue weighted by molar-refractivity contribution is -0.180. The number of rotatable bonds is 13. The zero-order valence-corrected chi connectivity index (χ0v) is 25.0. The third-order valence-electron chi connectivity index (χ3n) is 7.64. The van der Waals surface area contributed by atoms with Crippen molar-refractivity contribution in [1.29, 1.82) is 0 Å². The molecule has 4 rings (SSSR count). The lowest BCUT2D eigenvalue weighted by atomic mass is 9.77. The molecule has 1 saturated carbocycles. The van der Waals surface area contributed by atoms with Crippen molar-refractivity contribution < 1.29 is 37.0 Å². The Hall–Kier alpha value is -3.53. The van der Waals surface area contributed by atoms with Crippen molar-refractivity contribution in [3.8, 4) is 0 Å². The molecule has 3 aromatic carbocycles. The van der Waals surface area contributed by atoms with Gasteiger partial charge in [-0.2, -0.15) is 0 Å². The van der Waals surface area contributed by atoms with Crippen molar-refractivity contribution >= 4 is 21.8 Å². The van der Waals surface area contributed by atoms with Crippen molar-refractivity contribution in [3.05, 3.63) is 102 Å². The molecule has 0 heterocycles. The van der Waals surface area contributed by atoms with Gasteiger partial charge in [0.05, 0.1) is 49.3 Å². The van der Waals surface area contributed by atoms with Crippen LogP contribution < -0.4 is 0 Å². The van der Waals surface area contributed by atoms with E-state index in [2.05, 4.69) is 0 Å². The van der Waals surface area contributed by atoms with Gasteiger partial charge in [0.15, 0.2) is 15.3 Å². The average molecular weight is 595 g/mol. The second kappa shape index (κ2) is 14.1. The van der Waals surface area contributed by atoms with E-state index in [0.717, 1.165) is 16.7 Å². The van der Waals surface area contributed by atoms with Gasteiger partial charge in [-0.25, -0.2) is 8.42 Å². The highest BCUT2D eigenvalue weighted by Gasteiger charge is 2.67. The van der Waals surface area contributed by atoms with Gasteiger partial charge in [-0.15, -0.1) is 0 Å². The maximum atomic E-state index is 14.2. The van der Waals surface area contributed by atoms with Gasteiger partial charge in [0.2, 0.25) is 0 Å². The summed E-state index contributed by atoms with van der Waals surface area (Å²) in [5.41, 5.74) is 0.653. The molecular formula is C33H38O8S. The highest BCUT2D eigenvalue weighted by Crippen LogP contribution is 2.51. The molecule has 0 unspecified atom stereocenters. The molecule has 0 aromatic heterocycles. The maximum Gasteiger partial charge on any atom is 0.324 e. The topological polar surface area (TPSA) is 105 Å². The number of ether oxygens (including phenoxy) is 4. The molecule has 0 bridgehead atoms. The predicted molar refractivity (Wildman–Crippen MR) is 157 cm³/mol. The van der Waals surface area contributed by atoms with Crippen LogP contribution >= 0.6 is 0 Å². The minimum Gasteiger partial charge on any atom is -0.465 e. The van der Waals surface area contributed by atoms with Crippen LogP contribution in [-0.4, -0.2) is 51.5 Å². The Kier molecular flexibility index (Phi) is 10.5. The van der Waals surface area contributed by atoms with E-state index in [4.69, 9.17) is 18.9 Å². The molecule has 1 fully saturated rings. The van der Waals surface area contributed by atoms with E-state index in [1.165, 1.54) is 12.1 Å². The molecular weight excluding hydrogens is 556 g/mol. The van der Waals surface area contributed by atoms with E-state index in [9.17, 15) is 18.0 Å². The summed E-state index contributed by atoms with van der Waals surface area (Å²) < 4.78 is 51.8. The molecule has 224 valence electrons. The molecule has 3 atom stereocenters.